The van der Waals surface area contributed by atoms with Gasteiger partial charge in [-0.3, -0.25) is 0 Å². The molecule has 1 N–H and O–H groups in total. The SMILES string of the molecule is CSc1cccc(NCCC2CCCO2)c1C#N. The fourth-order valence-electron chi connectivity index (χ4n) is 2.20. The first-order valence-corrected chi connectivity index (χ1v) is 7.50. The van der Waals surface area contributed by atoms with Crippen LogP contribution >= 0.6 is 11.8 Å². The Morgan fingerprint density at radius 2 is 2.44 bits per heavy atom. The van der Waals surface area contributed by atoms with E-state index < -0.39 is 0 Å². The number of hydrogen-bond donors (Lipinski definition) is 1. The minimum atomic E-state index is 0.395. The van der Waals surface area contributed by atoms with E-state index in [1.807, 2.05) is 24.5 Å². The summed E-state index contributed by atoms with van der Waals surface area (Å²) in [7, 11) is 0. The molecule has 1 fully saturated rings. The van der Waals surface area contributed by atoms with E-state index in [2.05, 4.69) is 11.4 Å². The second-order valence-corrected chi connectivity index (χ2v) is 5.19. The predicted molar refractivity (Wildman–Crippen MR) is 75.0 cm³/mol. The van der Waals surface area contributed by atoms with Crippen molar-refractivity contribution in [1.82, 2.24) is 0 Å². The number of rotatable bonds is 5. The minimum Gasteiger partial charge on any atom is -0.384 e. The van der Waals surface area contributed by atoms with Crippen molar-refractivity contribution < 1.29 is 4.74 Å². The maximum absolute atomic E-state index is 9.21. The molecule has 0 spiro atoms. The second-order valence-electron chi connectivity index (χ2n) is 4.35. The molecule has 0 aliphatic carbocycles. The summed E-state index contributed by atoms with van der Waals surface area (Å²) in [6, 6.07) is 8.21. The van der Waals surface area contributed by atoms with Crippen LogP contribution in [0.5, 0.6) is 0 Å². The van der Waals surface area contributed by atoms with E-state index in [-0.39, 0.29) is 0 Å². The molecule has 96 valence electrons. The molecule has 3 nitrogen and oxygen atoms in total. The maximum atomic E-state index is 9.21. The number of nitrogens with one attached hydrogen (secondary N) is 1. The summed E-state index contributed by atoms with van der Waals surface area (Å²) in [5, 5.41) is 12.6. The van der Waals surface area contributed by atoms with E-state index in [0.29, 0.717) is 6.10 Å². The molecule has 0 saturated carbocycles. The van der Waals surface area contributed by atoms with Crippen LogP contribution in [0, 0.1) is 11.3 Å². The van der Waals surface area contributed by atoms with Crippen molar-refractivity contribution >= 4 is 17.4 Å². The smallest absolute Gasteiger partial charge is 0.102 e. The fourth-order valence-corrected chi connectivity index (χ4v) is 2.78. The van der Waals surface area contributed by atoms with Crippen molar-refractivity contribution in [2.24, 2.45) is 0 Å². The van der Waals surface area contributed by atoms with Crippen LogP contribution in [-0.2, 0) is 4.74 Å². The van der Waals surface area contributed by atoms with Gasteiger partial charge in [0, 0.05) is 18.0 Å². The lowest BCUT2D eigenvalue weighted by molar-refractivity contribution is 0.107. The number of benzene rings is 1. The molecule has 2 rings (SSSR count). The summed E-state index contributed by atoms with van der Waals surface area (Å²) in [5.41, 5.74) is 1.68. The van der Waals surface area contributed by atoms with Crippen LogP contribution in [0.15, 0.2) is 23.1 Å². The van der Waals surface area contributed by atoms with Gasteiger partial charge < -0.3 is 10.1 Å². The molecule has 1 heterocycles. The van der Waals surface area contributed by atoms with Crippen LogP contribution in [0.1, 0.15) is 24.8 Å². The predicted octanol–water partition coefficient (Wildman–Crippen LogP) is 3.26. The topological polar surface area (TPSA) is 45.0 Å². The first kappa shape index (κ1) is 13.3. The zero-order chi connectivity index (χ0) is 12.8. The van der Waals surface area contributed by atoms with Gasteiger partial charge in [-0.25, -0.2) is 0 Å². The Kier molecular flexibility index (Phi) is 4.91. The number of nitrogens with zero attached hydrogens (tertiary/aromatic N) is 1. The largest absolute Gasteiger partial charge is 0.384 e. The number of nitriles is 1. The average molecular weight is 262 g/mol. The molecule has 1 atom stereocenters. The molecule has 0 bridgehead atoms. The average Bonchev–Trinajstić information content (AvgIpc) is 2.91. The van der Waals surface area contributed by atoms with Gasteiger partial charge in [0.15, 0.2) is 0 Å². The third kappa shape index (κ3) is 3.18. The molecule has 1 saturated heterocycles. The van der Waals surface area contributed by atoms with Crippen molar-refractivity contribution in [2.75, 3.05) is 24.7 Å². The fraction of sp³-hybridized carbons (Fsp3) is 0.500. The molecular weight excluding hydrogens is 244 g/mol. The third-order valence-corrected chi connectivity index (χ3v) is 3.94. The zero-order valence-corrected chi connectivity index (χ0v) is 11.4. The highest BCUT2D eigenvalue weighted by Gasteiger charge is 2.15. The van der Waals surface area contributed by atoms with Crippen LogP contribution in [0.4, 0.5) is 5.69 Å². The Balaban J connectivity index is 1.94. The van der Waals surface area contributed by atoms with Crippen LogP contribution < -0.4 is 5.32 Å². The molecule has 4 heteroatoms. The quantitative estimate of drug-likeness (QED) is 0.827. The van der Waals surface area contributed by atoms with Crippen molar-refractivity contribution in [3.63, 3.8) is 0 Å². The highest BCUT2D eigenvalue weighted by molar-refractivity contribution is 7.98. The van der Waals surface area contributed by atoms with Crippen LogP contribution in [-0.4, -0.2) is 25.5 Å². The van der Waals surface area contributed by atoms with Gasteiger partial charge in [-0.05, 0) is 37.7 Å². The van der Waals surface area contributed by atoms with E-state index in [0.717, 1.165) is 42.1 Å². The van der Waals surface area contributed by atoms with Crippen LogP contribution in [0.3, 0.4) is 0 Å². The first-order valence-electron chi connectivity index (χ1n) is 6.27. The standard InChI is InChI=1S/C14H18N2OS/c1-18-14-6-2-5-13(12(14)10-15)16-8-7-11-4-3-9-17-11/h2,5-6,11,16H,3-4,7-9H2,1H3. The Morgan fingerprint density at radius 1 is 1.56 bits per heavy atom. The number of ether oxygens (including phenoxy) is 1. The van der Waals surface area contributed by atoms with Gasteiger partial charge in [0.25, 0.3) is 0 Å². The van der Waals surface area contributed by atoms with Crippen molar-refractivity contribution in [1.29, 1.82) is 5.26 Å². The van der Waals surface area contributed by atoms with Gasteiger partial charge in [0.2, 0.25) is 0 Å². The van der Waals surface area contributed by atoms with E-state index in [1.54, 1.807) is 11.8 Å². The highest BCUT2D eigenvalue weighted by atomic mass is 32.2. The lowest BCUT2D eigenvalue weighted by atomic mass is 10.1. The Morgan fingerprint density at radius 3 is 3.11 bits per heavy atom. The number of hydrogen-bond acceptors (Lipinski definition) is 4. The van der Waals surface area contributed by atoms with Gasteiger partial charge in [-0.2, -0.15) is 5.26 Å². The summed E-state index contributed by atoms with van der Waals surface area (Å²) < 4.78 is 5.58. The van der Waals surface area contributed by atoms with E-state index >= 15 is 0 Å². The monoisotopic (exact) mass is 262 g/mol. The Bertz CT molecular complexity index is 436. The van der Waals surface area contributed by atoms with Gasteiger partial charge in [-0.15, -0.1) is 11.8 Å². The molecule has 0 radical (unpaired) electrons. The molecule has 1 aliphatic heterocycles. The Hall–Kier alpha value is -1.18. The lowest BCUT2D eigenvalue weighted by Gasteiger charge is -2.13. The summed E-state index contributed by atoms with van der Waals surface area (Å²) in [4.78, 5) is 1.03. The van der Waals surface area contributed by atoms with E-state index in [1.165, 1.54) is 6.42 Å². The van der Waals surface area contributed by atoms with Gasteiger partial charge in [0.1, 0.15) is 6.07 Å². The maximum Gasteiger partial charge on any atom is 0.102 e. The van der Waals surface area contributed by atoms with Crippen molar-refractivity contribution in [3.8, 4) is 6.07 Å². The van der Waals surface area contributed by atoms with Crippen molar-refractivity contribution in [2.45, 2.75) is 30.3 Å². The third-order valence-electron chi connectivity index (χ3n) is 3.16. The van der Waals surface area contributed by atoms with Crippen LogP contribution in [0.2, 0.25) is 0 Å². The highest BCUT2D eigenvalue weighted by Crippen LogP contribution is 2.26. The minimum absolute atomic E-state index is 0.395. The molecule has 18 heavy (non-hydrogen) atoms. The summed E-state index contributed by atoms with van der Waals surface area (Å²) >= 11 is 1.61. The van der Waals surface area contributed by atoms with Gasteiger partial charge in [-0.1, -0.05) is 6.07 Å². The molecule has 1 aromatic rings. The molecule has 0 amide bonds. The Labute approximate surface area is 113 Å². The van der Waals surface area contributed by atoms with Gasteiger partial charge >= 0.3 is 0 Å². The van der Waals surface area contributed by atoms with E-state index in [4.69, 9.17) is 4.74 Å². The van der Waals surface area contributed by atoms with Crippen LogP contribution in [0.25, 0.3) is 0 Å². The molecule has 1 unspecified atom stereocenters. The molecule has 1 aromatic carbocycles. The summed E-state index contributed by atoms with van der Waals surface area (Å²) in [5.74, 6) is 0. The number of thioether (sulfide) groups is 1. The second kappa shape index (κ2) is 6.67. The summed E-state index contributed by atoms with van der Waals surface area (Å²) in [6.45, 7) is 1.76. The van der Waals surface area contributed by atoms with Gasteiger partial charge in [0.05, 0.1) is 17.4 Å². The molecule has 0 aromatic heterocycles. The van der Waals surface area contributed by atoms with Crippen molar-refractivity contribution in [3.05, 3.63) is 23.8 Å². The zero-order valence-electron chi connectivity index (χ0n) is 10.6. The normalized spacial score (nSPS) is 18.6. The summed E-state index contributed by atoms with van der Waals surface area (Å²) in [6.07, 6.45) is 5.74. The lowest BCUT2D eigenvalue weighted by Crippen LogP contribution is -2.13. The van der Waals surface area contributed by atoms with E-state index in [9.17, 15) is 5.26 Å². The number of anilines is 1. The molecule has 1 aliphatic rings. The molecular formula is C14H18N2OS. The first-order chi connectivity index (χ1) is 8.85.